The van der Waals surface area contributed by atoms with Crippen molar-refractivity contribution < 1.29 is 47.8 Å². The monoisotopic (exact) mass is 595 g/mol. The van der Waals surface area contributed by atoms with E-state index < -0.39 is 59.2 Å². The molecule has 1 heterocycles. The minimum absolute atomic E-state index is 0.0176. The maximum Gasteiger partial charge on any atom is 0.314 e. The van der Waals surface area contributed by atoms with Gasteiger partial charge < -0.3 is 34.9 Å². The Bertz CT molecular complexity index is 1160. The molecule has 0 radical (unpaired) electrons. The van der Waals surface area contributed by atoms with Gasteiger partial charge in [-0.15, -0.1) is 0 Å². The number of rotatable bonds is 13. The fourth-order valence-electron chi connectivity index (χ4n) is 4.45. The first-order chi connectivity index (χ1) is 19.8. The number of hydrogen-bond acceptors (Lipinski definition) is 13. The van der Waals surface area contributed by atoms with Crippen LogP contribution in [0.1, 0.15) is 33.3 Å². The summed E-state index contributed by atoms with van der Waals surface area (Å²) >= 11 is 0. The summed E-state index contributed by atoms with van der Waals surface area (Å²) in [6, 6.07) is 3.46. The number of aryl methyl sites for hydroxylation is 1. The maximum absolute atomic E-state index is 12.4. The lowest BCUT2D eigenvalue weighted by molar-refractivity contribution is -0.384. The van der Waals surface area contributed by atoms with Crippen LogP contribution in [0, 0.1) is 17.0 Å². The van der Waals surface area contributed by atoms with E-state index in [0.717, 1.165) is 19.4 Å². The number of urea groups is 1. The first kappa shape index (κ1) is 33.7. The van der Waals surface area contributed by atoms with E-state index in [2.05, 4.69) is 16.0 Å². The van der Waals surface area contributed by atoms with Crippen molar-refractivity contribution in [1.82, 2.24) is 15.5 Å². The molecule has 2 amide bonds. The number of amides is 2. The van der Waals surface area contributed by atoms with E-state index in [0.29, 0.717) is 5.69 Å². The van der Waals surface area contributed by atoms with E-state index in [4.69, 9.17) is 18.9 Å². The smallest absolute Gasteiger partial charge is 0.314 e. The zero-order valence-electron chi connectivity index (χ0n) is 24.2. The third-order valence-electron chi connectivity index (χ3n) is 6.09. The number of nitro benzene ring substituents is 1. The molecule has 0 aliphatic carbocycles. The molecule has 16 nitrogen and oxygen atoms in total. The fourth-order valence-corrected chi connectivity index (χ4v) is 4.45. The summed E-state index contributed by atoms with van der Waals surface area (Å²) in [5.74, 6) is -2.64. The number of hydrogen-bond donors (Lipinski definition) is 3. The molecule has 1 fully saturated rings. The number of ether oxygens (including phenoxy) is 4. The highest BCUT2D eigenvalue weighted by Crippen LogP contribution is 2.27. The quantitative estimate of drug-likeness (QED) is 0.0943. The van der Waals surface area contributed by atoms with Crippen LogP contribution in [0.2, 0.25) is 0 Å². The molecule has 16 heteroatoms. The lowest BCUT2D eigenvalue weighted by atomic mass is 9.93. The van der Waals surface area contributed by atoms with Gasteiger partial charge in [0, 0.05) is 66.5 Å². The second-order valence-electron chi connectivity index (χ2n) is 9.55. The zero-order chi connectivity index (χ0) is 31.4. The molecule has 0 aromatic heterocycles. The third kappa shape index (κ3) is 10.8. The van der Waals surface area contributed by atoms with Crippen molar-refractivity contribution in [3.63, 3.8) is 0 Å². The molecule has 1 saturated heterocycles. The largest absolute Gasteiger partial charge is 0.464 e. The number of piperidine rings is 1. The van der Waals surface area contributed by atoms with Crippen LogP contribution < -0.4 is 16.0 Å². The third-order valence-corrected chi connectivity index (χ3v) is 6.09. The first-order valence-corrected chi connectivity index (χ1v) is 13.2. The maximum atomic E-state index is 12.4. The lowest BCUT2D eigenvalue weighted by Gasteiger charge is -2.46. The zero-order valence-corrected chi connectivity index (χ0v) is 24.2. The molecule has 0 unspecified atom stereocenters. The van der Waals surface area contributed by atoms with Crippen molar-refractivity contribution >= 4 is 41.3 Å². The molecule has 232 valence electrons. The van der Waals surface area contributed by atoms with E-state index in [1.165, 1.54) is 19.9 Å². The Morgan fingerprint density at radius 3 is 2.12 bits per heavy atom. The van der Waals surface area contributed by atoms with Crippen LogP contribution >= 0.6 is 0 Å². The average molecular weight is 596 g/mol. The molecule has 4 atom stereocenters. The minimum atomic E-state index is -1.17. The summed E-state index contributed by atoms with van der Waals surface area (Å²) in [7, 11) is 0. The van der Waals surface area contributed by atoms with Crippen LogP contribution in [0.3, 0.4) is 0 Å². The number of benzene rings is 1. The summed E-state index contributed by atoms with van der Waals surface area (Å²) in [4.78, 5) is 72.0. The average Bonchev–Trinajstić information content (AvgIpc) is 2.87. The van der Waals surface area contributed by atoms with Gasteiger partial charge in [0.25, 0.3) is 5.69 Å². The number of carbonyl (C=O) groups excluding carboxylic acids is 5. The highest BCUT2D eigenvalue weighted by molar-refractivity contribution is 5.74. The van der Waals surface area contributed by atoms with Gasteiger partial charge in [-0.05, 0) is 18.6 Å². The van der Waals surface area contributed by atoms with Crippen LogP contribution in [-0.4, -0.2) is 103 Å². The molecule has 1 aromatic carbocycles. The van der Waals surface area contributed by atoms with Crippen molar-refractivity contribution in [2.75, 3.05) is 44.6 Å². The number of carbonyl (C=O) groups is 5. The fraction of sp³-hybridized carbons (Fsp3) is 0.577. The van der Waals surface area contributed by atoms with Gasteiger partial charge in [0.15, 0.2) is 18.3 Å². The normalized spacial score (nSPS) is 20.0. The van der Waals surface area contributed by atoms with Gasteiger partial charge in [-0.2, -0.15) is 0 Å². The number of nitrogens with zero attached hydrogens (tertiary/aromatic N) is 2. The molecule has 1 aliphatic rings. The molecular weight excluding hydrogens is 558 g/mol. The molecule has 0 saturated carbocycles. The summed E-state index contributed by atoms with van der Waals surface area (Å²) < 4.78 is 21.4. The number of nitro groups is 1. The number of anilines is 1. The van der Waals surface area contributed by atoms with E-state index in [1.54, 1.807) is 24.0 Å². The van der Waals surface area contributed by atoms with Crippen LogP contribution in [0.15, 0.2) is 18.2 Å². The Hall–Kier alpha value is -4.47. The molecular formula is C26H37N5O11. The van der Waals surface area contributed by atoms with Crippen LogP contribution in [-0.2, 0) is 38.1 Å². The standard InChI is InChI=1S/C26H37N5O11/c1-15-6-7-20(21(12-15)31(37)38)27-8-9-28-26(36)29-10-11-30-13-23(40-17(3)33)25(42-19(5)35)24(41-18(4)34)22(30)14-39-16(2)32/h6-7,12,22-25,27H,8-11,13-14H2,1-5H3,(H2,28,29,36)/t22-,23+,24-,25-/m1/s1. The van der Waals surface area contributed by atoms with Crippen LogP contribution in [0.5, 0.6) is 0 Å². The van der Waals surface area contributed by atoms with Crippen molar-refractivity contribution in [3.8, 4) is 0 Å². The van der Waals surface area contributed by atoms with Gasteiger partial charge in [0.1, 0.15) is 12.3 Å². The van der Waals surface area contributed by atoms with Crippen LogP contribution in [0.4, 0.5) is 16.2 Å². The van der Waals surface area contributed by atoms with E-state index >= 15 is 0 Å². The summed E-state index contributed by atoms with van der Waals surface area (Å²) in [6.07, 6.45) is -3.34. The van der Waals surface area contributed by atoms with Crippen molar-refractivity contribution in [3.05, 3.63) is 33.9 Å². The van der Waals surface area contributed by atoms with Crippen molar-refractivity contribution in [1.29, 1.82) is 0 Å². The van der Waals surface area contributed by atoms with Crippen LogP contribution in [0.25, 0.3) is 0 Å². The highest BCUT2D eigenvalue weighted by atomic mass is 16.6. The first-order valence-electron chi connectivity index (χ1n) is 13.2. The Morgan fingerprint density at radius 1 is 0.905 bits per heavy atom. The topological polar surface area (TPSA) is 205 Å². The Labute approximate surface area is 242 Å². The van der Waals surface area contributed by atoms with Gasteiger partial charge >= 0.3 is 29.9 Å². The lowest BCUT2D eigenvalue weighted by Crippen LogP contribution is -2.66. The SMILES string of the molecule is CC(=O)OC[C@@H]1[C@@H](OC(C)=O)[C@H](OC(C)=O)[C@@H](OC(C)=O)CN1CCNC(=O)NCCNc1ccc(C)cc1[N+](=O)[O-]. The van der Waals surface area contributed by atoms with Gasteiger partial charge in [0.05, 0.1) is 11.0 Å². The summed E-state index contributed by atoms with van der Waals surface area (Å²) in [6.45, 7) is 6.83. The second-order valence-corrected chi connectivity index (χ2v) is 9.55. The summed E-state index contributed by atoms with van der Waals surface area (Å²) in [5, 5.41) is 19.5. The molecule has 42 heavy (non-hydrogen) atoms. The second kappa shape index (κ2) is 16.1. The molecule has 1 aliphatic heterocycles. The predicted molar refractivity (Wildman–Crippen MR) is 146 cm³/mol. The number of likely N-dealkylation sites (tertiary alicyclic amines) is 1. The van der Waals surface area contributed by atoms with E-state index in [1.807, 2.05) is 0 Å². The van der Waals surface area contributed by atoms with E-state index in [-0.39, 0.29) is 45.0 Å². The Morgan fingerprint density at radius 2 is 1.52 bits per heavy atom. The van der Waals surface area contributed by atoms with Gasteiger partial charge in [-0.1, -0.05) is 6.07 Å². The number of esters is 4. The molecule has 1 aromatic rings. The molecule has 2 rings (SSSR count). The van der Waals surface area contributed by atoms with Gasteiger partial charge in [0.2, 0.25) is 0 Å². The molecule has 0 spiro atoms. The van der Waals surface area contributed by atoms with Crippen molar-refractivity contribution in [2.45, 2.75) is 59.0 Å². The number of nitrogens with one attached hydrogen (secondary N) is 3. The Kier molecular flexibility index (Phi) is 12.9. The van der Waals surface area contributed by atoms with E-state index in [9.17, 15) is 34.1 Å². The minimum Gasteiger partial charge on any atom is -0.464 e. The molecule has 3 N–H and O–H groups in total. The van der Waals surface area contributed by atoms with Crippen molar-refractivity contribution in [2.24, 2.45) is 0 Å². The molecule has 0 bridgehead atoms. The highest BCUT2D eigenvalue weighted by Gasteiger charge is 2.49. The van der Waals surface area contributed by atoms with Gasteiger partial charge in [-0.3, -0.25) is 34.2 Å². The predicted octanol–water partition coefficient (Wildman–Crippen LogP) is 0.657. The van der Waals surface area contributed by atoms with Gasteiger partial charge in [-0.25, -0.2) is 4.79 Å². The Balaban J connectivity index is 2.03. The summed E-state index contributed by atoms with van der Waals surface area (Å²) in [5.41, 5.74) is 1.00.